The Balaban J connectivity index is 3.24. The summed E-state index contributed by atoms with van der Waals surface area (Å²) in [4.78, 5) is 3.72. The van der Waals surface area contributed by atoms with Gasteiger partial charge < -0.3 is 10.8 Å². The van der Waals surface area contributed by atoms with Gasteiger partial charge in [0.1, 0.15) is 5.75 Å². The fourth-order valence-electron chi connectivity index (χ4n) is 1.16. The zero-order chi connectivity index (χ0) is 11.4. The minimum absolute atomic E-state index is 0.00745. The molecular weight excluding hydrogens is 204 g/mol. The van der Waals surface area contributed by atoms with Gasteiger partial charge in [-0.1, -0.05) is 0 Å². The Hall–Kier alpha value is -1.74. The molecule has 3 N–H and O–H groups in total. The normalized spacial score (nSPS) is 10.3. The highest BCUT2D eigenvalue weighted by Gasteiger charge is 2.17. The molecule has 1 rings (SSSR count). The fraction of sp³-hybridized carbons (Fsp3) is 0.333. The molecule has 0 radical (unpaired) electrons. The molecule has 80 valence electrons. The van der Waals surface area contributed by atoms with Gasteiger partial charge in [0.15, 0.2) is 0 Å². The van der Waals surface area contributed by atoms with Gasteiger partial charge in [0.2, 0.25) is 0 Å². The first-order valence-corrected chi connectivity index (χ1v) is 4.17. The number of nitrogens with two attached hydrogens (primary N) is 1. The predicted molar refractivity (Wildman–Crippen MR) is 48.1 cm³/mol. The number of pyridine rings is 1. The molecule has 0 fully saturated rings. The lowest BCUT2D eigenvalue weighted by atomic mass is 10.1. The molecule has 0 saturated carbocycles. The van der Waals surface area contributed by atoms with Gasteiger partial charge in [-0.2, -0.15) is 5.26 Å². The summed E-state index contributed by atoms with van der Waals surface area (Å²) in [6.07, 6.45) is -2.87. The van der Waals surface area contributed by atoms with Crippen LogP contribution in [0.15, 0.2) is 6.07 Å². The summed E-state index contributed by atoms with van der Waals surface area (Å²) in [6, 6.07) is 2.68. The van der Waals surface area contributed by atoms with Gasteiger partial charge >= 0.3 is 0 Å². The van der Waals surface area contributed by atoms with E-state index >= 15 is 0 Å². The fourth-order valence-corrected chi connectivity index (χ4v) is 1.16. The van der Waals surface area contributed by atoms with Crippen molar-refractivity contribution in [3.05, 3.63) is 23.0 Å². The molecule has 0 saturated heterocycles. The maximum Gasteiger partial charge on any atom is 0.265 e. The van der Waals surface area contributed by atoms with Gasteiger partial charge in [-0.05, 0) is 6.07 Å². The van der Waals surface area contributed by atoms with Gasteiger partial charge in [0.25, 0.3) is 6.43 Å². The van der Waals surface area contributed by atoms with Crippen LogP contribution in [0.2, 0.25) is 0 Å². The summed E-state index contributed by atoms with van der Waals surface area (Å²) < 4.78 is 24.9. The topological polar surface area (TPSA) is 82.9 Å². The average Bonchev–Trinajstić information content (AvgIpc) is 2.20. The Morgan fingerprint density at radius 2 is 2.20 bits per heavy atom. The number of aromatic hydroxyl groups is 1. The van der Waals surface area contributed by atoms with E-state index in [1.807, 2.05) is 0 Å². The van der Waals surface area contributed by atoms with Crippen LogP contribution in [0, 0.1) is 11.3 Å². The van der Waals surface area contributed by atoms with E-state index in [4.69, 9.17) is 11.0 Å². The minimum Gasteiger partial charge on any atom is -0.506 e. The summed E-state index contributed by atoms with van der Waals surface area (Å²) >= 11 is 0. The van der Waals surface area contributed by atoms with Crippen LogP contribution in [0.5, 0.6) is 5.75 Å². The van der Waals surface area contributed by atoms with Gasteiger partial charge in [-0.15, -0.1) is 0 Å². The van der Waals surface area contributed by atoms with E-state index in [1.165, 1.54) is 0 Å². The zero-order valence-corrected chi connectivity index (χ0v) is 7.74. The second-order valence-corrected chi connectivity index (χ2v) is 2.83. The Morgan fingerprint density at radius 1 is 1.53 bits per heavy atom. The van der Waals surface area contributed by atoms with E-state index in [0.717, 1.165) is 6.07 Å². The number of alkyl halides is 2. The van der Waals surface area contributed by atoms with Crippen molar-refractivity contribution in [2.75, 3.05) is 0 Å². The Bertz CT molecular complexity index is 401. The molecule has 0 aliphatic rings. The lowest BCUT2D eigenvalue weighted by molar-refractivity contribution is 0.149. The summed E-state index contributed by atoms with van der Waals surface area (Å²) in [5.74, 6) is -0.399. The molecule has 0 bridgehead atoms. The van der Waals surface area contributed by atoms with Crippen LogP contribution < -0.4 is 5.73 Å². The summed E-state index contributed by atoms with van der Waals surface area (Å²) in [6.45, 7) is -0.154. The molecule has 0 spiro atoms. The van der Waals surface area contributed by atoms with Crippen LogP contribution in [0.1, 0.15) is 23.4 Å². The molecule has 15 heavy (non-hydrogen) atoms. The number of nitriles is 1. The van der Waals surface area contributed by atoms with Gasteiger partial charge in [0, 0.05) is 12.1 Å². The Morgan fingerprint density at radius 3 is 2.67 bits per heavy atom. The van der Waals surface area contributed by atoms with Crippen LogP contribution in [0.25, 0.3) is 0 Å². The molecule has 0 aliphatic carbocycles. The molecule has 1 heterocycles. The van der Waals surface area contributed by atoms with E-state index in [9.17, 15) is 13.9 Å². The van der Waals surface area contributed by atoms with Gasteiger partial charge in [0.05, 0.1) is 23.9 Å². The van der Waals surface area contributed by atoms with Crippen LogP contribution in [-0.4, -0.2) is 10.1 Å². The molecular formula is C9H9F2N3O. The molecule has 1 aromatic rings. The van der Waals surface area contributed by atoms with Crippen molar-refractivity contribution < 1.29 is 13.9 Å². The van der Waals surface area contributed by atoms with E-state index in [0.29, 0.717) is 0 Å². The molecule has 0 aromatic carbocycles. The van der Waals surface area contributed by atoms with Crippen molar-refractivity contribution in [3.63, 3.8) is 0 Å². The van der Waals surface area contributed by atoms with E-state index in [1.54, 1.807) is 6.07 Å². The molecule has 1 aromatic heterocycles. The third-order valence-corrected chi connectivity index (χ3v) is 1.87. The first-order chi connectivity index (χ1) is 7.10. The van der Waals surface area contributed by atoms with Crippen LogP contribution in [0.4, 0.5) is 8.78 Å². The summed E-state index contributed by atoms with van der Waals surface area (Å²) in [7, 11) is 0. The molecule has 6 heteroatoms. The van der Waals surface area contributed by atoms with Gasteiger partial charge in [-0.3, -0.25) is 4.98 Å². The quantitative estimate of drug-likeness (QED) is 0.791. The monoisotopic (exact) mass is 213 g/mol. The van der Waals surface area contributed by atoms with Crippen LogP contribution >= 0.6 is 0 Å². The second-order valence-electron chi connectivity index (χ2n) is 2.83. The number of nitrogens with zero attached hydrogens (tertiary/aromatic N) is 2. The summed E-state index contributed by atoms with van der Waals surface area (Å²) in [5, 5.41) is 17.7. The average molecular weight is 213 g/mol. The third kappa shape index (κ3) is 2.39. The van der Waals surface area contributed by atoms with Crippen molar-refractivity contribution in [2.24, 2.45) is 5.73 Å². The number of halogens is 2. The smallest absolute Gasteiger partial charge is 0.265 e. The molecule has 0 unspecified atom stereocenters. The minimum atomic E-state index is -2.74. The molecule has 0 amide bonds. The number of rotatable bonds is 3. The maximum atomic E-state index is 12.4. The highest BCUT2D eigenvalue weighted by atomic mass is 19.3. The van der Waals surface area contributed by atoms with Crippen molar-refractivity contribution in [3.8, 4) is 11.8 Å². The van der Waals surface area contributed by atoms with Crippen molar-refractivity contribution in [1.82, 2.24) is 4.98 Å². The third-order valence-electron chi connectivity index (χ3n) is 1.87. The molecule has 0 atom stereocenters. The zero-order valence-electron chi connectivity index (χ0n) is 7.74. The van der Waals surface area contributed by atoms with Gasteiger partial charge in [-0.25, -0.2) is 8.78 Å². The summed E-state index contributed by atoms with van der Waals surface area (Å²) in [5.41, 5.74) is 4.93. The highest BCUT2D eigenvalue weighted by Crippen LogP contribution is 2.27. The standard InChI is InChI=1S/C9H9F2N3O/c10-9(11)5-3-8(15)6(1-2-12)14-7(5)4-13/h3,9,15H,1,4,13H2. The van der Waals surface area contributed by atoms with Crippen LogP contribution in [0.3, 0.4) is 0 Å². The number of hydrogen-bond donors (Lipinski definition) is 2. The van der Waals surface area contributed by atoms with E-state index in [-0.39, 0.29) is 24.4 Å². The van der Waals surface area contributed by atoms with E-state index < -0.39 is 17.7 Å². The maximum absolute atomic E-state index is 12.4. The van der Waals surface area contributed by atoms with Crippen molar-refractivity contribution in [1.29, 1.82) is 5.26 Å². The van der Waals surface area contributed by atoms with Crippen LogP contribution in [-0.2, 0) is 13.0 Å². The highest BCUT2D eigenvalue weighted by molar-refractivity contribution is 5.36. The second kappa shape index (κ2) is 4.66. The van der Waals surface area contributed by atoms with Crippen molar-refractivity contribution in [2.45, 2.75) is 19.4 Å². The lowest BCUT2D eigenvalue weighted by Gasteiger charge is -2.09. The molecule has 0 aliphatic heterocycles. The predicted octanol–water partition coefficient (Wildman–Crippen LogP) is 1.25. The Kier molecular flexibility index (Phi) is 3.52. The Labute approximate surface area is 85.0 Å². The number of hydrogen-bond acceptors (Lipinski definition) is 4. The van der Waals surface area contributed by atoms with Crippen molar-refractivity contribution >= 4 is 0 Å². The first-order valence-electron chi connectivity index (χ1n) is 4.17. The van der Waals surface area contributed by atoms with E-state index in [2.05, 4.69) is 4.98 Å². The molecule has 4 nitrogen and oxygen atoms in total. The SMILES string of the molecule is N#CCc1nc(CN)c(C(F)F)cc1O. The first kappa shape index (κ1) is 11.3. The lowest BCUT2D eigenvalue weighted by Crippen LogP contribution is -2.07. The largest absolute Gasteiger partial charge is 0.506 e. The number of aromatic nitrogens is 1.